The third kappa shape index (κ3) is 7.33. The second kappa shape index (κ2) is 10.3. The van der Waals surface area contributed by atoms with Crippen LogP contribution in [0, 0.1) is 0 Å². The number of hydrogen-bond donors (Lipinski definition) is 1. The van der Waals surface area contributed by atoms with E-state index in [2.05, 4.69) is 11.9 Å². The number of nitrogens with one attached hydrogen (secondary N) is 1. The van der Waals surface area contributed by atoms with E-state index in [1.165, 1.54) is 0 Å². The summed E-state index contributed by atoms with van der Waals surface area (Å²) in [5, 5.41) is 2.52. The molecule has 0 heterocycles. The minimum absolute atomic E-state index is 0.199. The average Bonchev–Trinajstić information content (AvgIpc) is 2.55. The molecule has 1 aromatic rings. The summed E-state index contributed by atoms with van der Waals surface area (Å²) in [6.07, 6.45) is 2.26. The summed E-state index contributed by atoms with van der Waals surface area (Å²) in [6, 6.07) is 7.18. The molecule has 0 saturated heterocycles. The normalized spacial score (nSPS) is 9.68. The number of carbonyl (C=O) groups is 2. The van der Waals surface area contributed by atoms with Crippen LogP contribution in [-0.4, -0.2) is 38.7 Å². The SMILES string of the molecule is C=CCNC(=O)COC(=O)CCCOc1ccc(OC)cc1. The molecule has 0 saturated carbocycles. The van der Waals surface area contributed by atoms with Crippen LogP contribution in [0.2, 0.25) is 0 Å². The lowest BCUT2D eigenvalue weighted by Gasteiger charge is -2.07. The van der Waals surface area contributed by atoms with Crippen molar-refractivity contribution < 1.29 is 23.8 Å². The van der Waals surface area contributed by atoms with Crippen molar-refractivity contribution in [2.75, 3.05) is 26.9 Å². The van der Waals surface area contributed by atoms with Gasteiger partial charge in [-0.3, -0.25) is 9.59 Å². The Kier molecular flexibility index (Phi) is 8.18. The third-order valence-corrected chi connectivity index (χ3v) is 2.66. The molecule has 0 bridgehead atoms. The summed E-state index contributed by atoms with van der Waals surface area (Å²) in [4.78, 5) is 22.6. The molecule has 0 fully saturated rings. The Morgan fingerprint density at radius 3 is 2.55 bits per heavy atom. The second-order valence-electron chi connectivity index (χ2n) is 4.38. The summed E-state index contributed by atoms with van der Waals surface area (Å²) in [7, 11) is 1.60. The average molecular weight is 307 g/mol. The minimum Gasteiger partial charge on any atom is -0.497 e. The highest BCUT2D eigenvalue weighted by Crippen LogP contribution is 2.17. The maximum absolute atomic E-state index is 11.4. The van der Waals surface area contributed by atoms with E-state index in [0.717, 1.165) is 5.75 Å². The fourth-order valence-electron chi connectivity index (χ4n) is 1.53. The van der Waals surface area contributed by atoms with Gasteiger partial charge in [-0.1, -0.05) is 6.08 Å². The van der Waals surface area contributed by atoms with Gasteiger partial charge in [0.2, 0.25) is 0 Å². The van der Waals surface area contributed by atoms with E-state index in [0.29, 0.717) is 25.3 Å². The van der Waals surface area contributed by atoms with Gasteiger partial charge in [-0.05, 0) is 30.7 Å². The molecule has 0 atom stereocenters. The van der Waals surface area contributed by atoms with E-state index in [9.17, 15) is 9.59 Å². The first-order chi connectivity index (χ1) is 10.7. The smallest absolute Gasteiger partial charge is 0.306 e. The molecule has 0 unspecified atom stereocenters. The summed E-state index contributed by atoms with van der Waals surface area (Å²) in [5.74, 6) is 0.693. The number of benzene rings is 1. The Morgan fingerprint density at radius 1 is 1.23 bits per heavy atom. The van der Waals surface area contributed by atoms with E-state index in [-0.39, 0.29) is 18.9 Å². The van der Waals surface area contributed by atoms with E-state index >= 15 is 0 Å². The van der Waals surface area contributed by atoms with Gasteiger partial charge in [0.1, 0.15) is 11.5 Å². The number of methoxy groups -OCH3 is 1. The molecule has 22 heavy (non-hydrogen) atoms. The fraction of sp³-hybridized carbons (Fsp3) is 0.375. The highest BCUT2D eigenvalue weighted by atomic mass is 16.5. The summed E-state index contributed by atoms with van der Waals surface area (Å²) >= 11 is 0. The van der Waals surface area contributed by atoms with Crippen LogP contribution in [0.15, 0.2) is 36.9 Å². The van der Waals surface area contributed by atoms with Crippen LogP contribution < -0.4 is 14.8 Å². The molecule has 0 aliphatic rings. The van der Waals surface area contributed by atoms with E-state index in [1.807, 2.05) is 0 Å². The molecule has 0 spiro atoms. The van der Waals surface area contributed by atoms with Gasteiger partial charge in [0.15, 0.2) is 6.61 Å². The summed E-state index contributed by atoms with van der Waals surface area (Å²) in [6.45, 7) is 3.94. The standard InChI is InChI=1S/C16H21NO5/c1-3-10-17-15(18)12-22-16(19)5-4-11-21-14-8-6-13(20-2)7-9-14/h3,6-9H,1,4-5,10-12H2,2H3,(H,17,18). The molecule has 1 N–H and O–H groups in total. The number of hydrogen-bond acceptors (Lipinski definition) is 5. The first kappa shape index (κ1) is 17.6. The topological polar surface area (TPSA) is 73.9 Å². The molecule has 0 aliphatic heterocycles. The molecule has 120 valence electrons. The van der Waals surface area contributed by atoms with Gasteiger partial charge < -0.3 is 19.5 Å². The van der Waals surface area contributed by atoms with E-state index in [1.54, 1.807) is 37.5 Å². The summed E-state index contributed by atoms with van der Waals surface area (Å²) in [5.41, 5.74) is 0. The molecule has 6 heteroatoms. The Labute approximate surface area is 130 Å². The van der Waals surface area contributed by atoms with Crippen molar-refractivity contribution in [2.45, 2.75) is 12.8 Å². The summed E-state index contributed by atoms with van der Waals surface area (Å²) < 4.78 is 15.3. The molecule has 1 amide bonds. The van der Waals surface area contributed by atoms with Crippen LogP contribution in [0.5, 0.6) is 11.5 Å². The molecule has 0 radical (unpaired) electrons. The predicted molar refractivity (Wildman–Crippen MR) is 81.9 cm³/mol. The number of amides is 1. The molecule has 0 aromatic heterocycles. The maximum atomic E-state index is 11.4. The Bertz CT molecular complexity index is 484. The fourth-order valence-corrected chi connectivity index (χ4v) is 1.53. The lowest BCUT2D eigenvalue weighted by molar-refractivity contribution is -0.148. The van der Waals surface area contributed by atoms with Gasteiger partial charge in [0.25, 0.3) is 5.91 Å². The zero-order chi connectivity index (χ0) is 16.2. The number of rotatable bonds is 10. The van der Waals surface area contributed by atoms with Crippen molar-refractivity contribution in [1.29, 1.82) is 0 Å². The largest absolute Gasteiger partial charge is 0.497 e. The highest BCUT2D eigenvalue weighted by molar-refractivity contribution is 5.80. The van der Waals surface area contributed by atoms with Gasteiger partial charge in [-0.2, -0.15) is 0 Å². The minimum atomic E-state index is -0.424. The first-order valence-corrected chi connectivity index (χ1v) is 6.95. The van der Waals surface area contributed by atoms with Gasteiger partial charge in [0.05, 0.1) is 13.7 Å². The number of esters is 1. The van der Waals surface area contributed by atoms with Crippen LogP contribution in [-0.2, 0) is 14.3 Å². The van der Waals surface area contributed by atoms with E-state index in [4.69, 9.17) is 14.2 Å². The van der Waals surface area contributed by atoms with Crippen molar-refractivity contribution in [3.8, 4) is 11.5 Å². The molecule has 6 nitrogen and oxygen atoms in total. The zero-order valence-electron chi connectivity index (χ0n) is 12.7. The second-order valence-corrected chi connectivity index (χ2v) is 4.38. The molecule has 0 aliphatic carbocycles. The molecule has 1 aromatic carbocycles. The van der Waals surface area contributed by atoms with Crippen LogP contribution in [0.3, 0.4) is 0 Å². The van der Waals surface area contributed by atoms with E-state index < -0.39 is 5.97 Å². The van der Waals surface area contributed by atoms with Gasteiger partial charge >= 0.3 is 5.97 Å². The Morgan fingerprint density at radius 2 is 1.91 bits per heavy atom. The number of ether oxygens (including phenoxy) is 3. The van der Waals surface area contributed by atoms with Gasteiger partial charge in [-0.25, -0.2) is 0 Å². The van der Waals surface area contributed by atoms with Crippen LogP contribution >= 0.6 is 0 Å². The van der Waals surface area contributed by atoms with Crippen LogP contribution in [0.25, 0.3) is 0 Å². The first-order valence-electron chi connectivity index (χ1n) is 6.95. The van der Waals surface area contributed by atoms with Gasteiger partial charge in [0, 0.05) is 13.0 Å². The predicted octanol–water partition coefficient (Wildman–Crippen LogP) is 1.70. The zero-order valence-corrected chi connectivity index (χ0v) is 12.7. The lowest BCUT2D eigenvalue weighted by Crippen LogP contribution is -2.28. The number of carbonyl (C=O) groups excluding carboxylic acids is 2. The Hall–Kier alpha value is -2.50. The van der Waals surface area contributed by atoms with Crippen molar-refractivity contribution in [3.05, 3.63) is 36.9 Å². The lowest BCUT2D eigenvalue weighted by atomic mass is 10.3. The van der Waals surface area contributed by atoms with Crippen molar-refractivity contribution >= 4 is 11.9 Å². The van der Waals surface area contributed by atoms with Crippen molar-refractivity contribution in [1.82, 2.24) is 5.32 Å². The highest BCUT2D eigenvalue weighted by Gasteiger charge is 2.06. The van der Waals surface area contributed by atoms with Gasteiger partial charge in [-0.15, -0.1) is 6.58 Å². The van der Waals surface area contributed by atoms with Crippen molar-refractivity contribution in [3.63, 3.8) is 0 Å². The van der Waals surface area contributed by atoms with Crippen LogP contribution in [0.1, 0.15) is 12.8 Å². The quantitative estimate of drug-likeness (QED) is 0.404. The Balaban J connectivity index is 2.11. The maximum Gasteiger partial charge on any atom is 0.306 e. The monoisotopic (exact) mass is 307 g/mol. The molecular formula is C16H21NO5. The molecular weight excluding hydrogens is 286 g/mol. The molecule has 1 rings (SSSR count). The third-order valence-electron chi connectivity index (χ3n) is 2.66. The van der Waals surface area contributed by atoms with Crippen LogP contribution in [0.4, 0.5) is 0 Å². The van der Waals surface area contributed by atoms with Crippen molar-refractivity contribution in [2.24, 2.45) is 0 Å².